The fourth-order valence-corrected chi connectivity index (χ4v) is 4.16. The van der Waals surface area contributed by atoms with Crippen LogP contribution < -0.4 is 0 Å². The van der Waals surface area contributed by atoms with E-state index in [1.165, 1.54) is 4.88 Å². The zero-order chi connectivity index (χ0) is 15.5. The van der Waals surface area contributed by atoms with Gasteiger partial charge in [0.05, 0.1) is 22.1 Å². The molecule has 0 spiro atoms. The SMILES string of the molecule is CC1(C)CN(C(=O)CCCc2ccc(Br)s2)CC(CO)O1. The molecule has 1 N–H and O–H groups in total. The Bertz CT molecular complexity index is 489. The highest BCUT2D eigenvalue weighted by molar-refractivity contribution is 9.11. The number of carbonyl (C=O) groups is 1. The molecule has 1 saturated heterocycles. The normalized spacial score (nSPS) is 21.5. The molecule has 1 aliphatic rings. The van der Waals surface area contributed by atoms with Crippen LogP contribution in [0.5, 0.6) is 0 Å². The van der Waals surface area contributed by atoms with E-state index in [1.807, 2.05) is 24.8 Å². The van der Waals surface area contributed by atoms with Gasteiger partial charge in [-0.05, 0) is 54.8 Å². The minimum atomic E-state index is -0.389. The number of ether oxygens (including phenoxy) is 1. The molecule has 6 heteroatoms. The minimum absolute atomic E-state index is 0.0452. The first-order valence-electron chi connectivity index (χ1n) is 7.20. The van der Waals surface area contributed by atoms with Gasteiger partial charge in [-0.2, -0.15) is 0 Å². The van der Waals surface area contributed by atoms with Crippen LogP contribution in [0.4, 0.5) is 0 Å². The maximum Gasteiger partial charge on any atom is 0.222 e. The lowest BCUT2D eigenvalue weighted by Gasteiger charge is -2.42. The van der Waals surface area contributed by atoms with Crippen molar-refractivity contribution in [2.75, 3.05) is 19.7 Å². The number of aliphatic hydroxyl groups is 1. The molecular weight excluding hydrogens is 354 g/mol. The maximum absolute atomic E-state index is 12.3. The summed E-state index contributed by atoms with van der Waals surface area (Å²) in [5.41, 5.74) is -0.389. The third kappa shape index (κ3) is 5.06. The molecule has 0 radical (unpaired) electrons. The van der Waals surface area contributed by atoms with Crippen molar-refractivity contribution in [1.82, 2.24) is 4.90 Å². The Hall–Kier alpha value is -0.430. The van der Waals surface area contributed by atoms with E-state index < -0.39 is 0 Å². The monoisotopic (exact) mass is 375 g/mol. The molecule has 1 atom stereocenters. The van der Waals surface area contributed by atoms with Gasteiger partial charge < -0.3 is 14.7 Å². The Morgan fingerprint density at radius 3 is 2.95 bits per heavy atom. The number of thiophene rings is 1. The molecule has 0 saturated carbocycles. The largest absolute Gasteiger partial charge is 0.394 e. The smallest absolute Gasteiger partial charge is 0.222 e. The Kier molecular flexibility index (Phi) is 5.82. The second kappa shape index (κ2) is 7.22. The van der Waals surface area contributed by atoms with E-state index in [2.05, 4.69) is 22.0 Å². The van der Waals surface area contributed by atoms with E-state index in [0.717, 1.165) is 16.6 Å². The Balaban J connectivity index is 1.82. The standard InChI is InChI=1S/C15H22BrNO3S/c1-15(2)10-17(8-11(9-18)20-15)14(19)5-3-4-12-6-7-13(16)21-12/h6-7,11,18H,3-5,8-10H2,1-2H3. The van der Waals surface area contributed by atoms with E-state index >= 15 is 0 Å². The molecule has 0 aromatic carbocycles. The number of amides is 1. The highest BCUT2D eigenvalue weighted by Gasteiger charge is 2.34. The molecular formula is C15H22BrNO3S. The summed E-state index contributed by atoms with van der Waals surface area (Å²) in [4.78, 5) is 15.5. The second-order valence-electron chi connectivity index (χ2n) is 6.02. The Morgan fingerprint density at radius 2 is 2.33 bits per heavy atom. The van der Waals surface area contributed by atoms with Crippen LogP contribution in [0.2, 0.25) is 0 Å². The Labute approximate surface area is 138 Å². The predicted octanol–water partition coefficient (Wildman–Crippen LogP) is 2.83. The number of morpholine rings is 1. The van der Waals surface area contributed by atoms with E-state index in [9.17, 15) is 9.90 Å². The van der Waals surface area contributed by atoms with Gasteiger partial charge in [0.15, 0.2) is 0 Å². The van der Waals surface area contributed by atoms with E-state index in [1.54, 1.807) is 11.3 Å². The van der Waals surface area contributed by atoms with Gasteiger partial charge in [0.25, 0.3) is 0 Å². The van der Waals surface area contributed by atoms with E-state index in [0.29, 0.717) is 19.5 Å². The molecule has 21 heavy (non-hydrogen) atoms. The highest BCUT2D eigenvalue weighted by Crippen LogP contribution is 2.24. The van der Waals surface area contributed by atoms with Gasteiger partial charge in [-0.3, -0.25) is 4.79 Å². The van der Waals surface area contributed by atoms with Crippen molar-refractivity contribution in [3.05, 3.63) is 20.8 Å². The molecule has 1 aromatic rings. The van der Waals surface area contributed by atoms with Crippen molar-refractivity contribution in [2.45, 2.75) is 44.8 Å². The van der Waals surface area contributed by atoms with Crippen molar-refractivity contribution in [3.63, 3.8) is 0 Å². The second-order valence-corrected chi connectivity index (χ2v) is 8.56. The van der Waals surface area contributed by atoms with E-state index in [4.69, 9.17) is 4.74 Å². The van der Waals surface area contributed by atoms with Crippen LogP contribution in [0, 0.1) is 0 Å². The summed E-state index contributed by atoms with van der Waals surface area (Å²) in [5, 5.41) is 9.28. The number of hydrogen-bond acceptors (Lipinski definition) is 4. The average molecular weight is 376 g/mol. The number of hydrogen-bond donors (Lipinski definition) is 1. The molecule has 2 heterocycles. The first-order chi connectivity index (χ1) is 9.89. The van der Waals surface area contributed by atoms with Crippen LogP contribution in [0.1, 0.15) is 31.6 Å². The quantitative estimate of drug-likeness (QED) is 0.860. The number of rotatable bonds is 5. The molecule has 0 bridgehead atoms. The minimum Gasteiger partial charge on any atom is -0.394 e. The van der Waals surface area contributed by atoms with Crippen molar-refractivity contribution in [2.24, 2.45) is 0 Å². The fourth-order valence-electron chi connectivity index (χ4n) is 2.64. The lowest BCUT2D eigenvalue weighted by molar-refractivity contribution is -0.167. The van der Waals surface area contributed by atoms with Crippen LogP contribution in [0.15, 0.2) is 15.9 Å². The summed E-state index contributed by atoms with van der Waals surface area (Å²) in [6.45, 7) is 4.95. The highest BCUT2D eigenvalue weighted by atomic mass is 79.9. The number of nitrogens with zero attached hydrogens (tertiary/aromatic N) is 1. The number of carbonyl (C=O) groups excluding carboxylic acids is 1. The fraction of sp³-hybridized carbons (Fsp3) is 0.667. The van der Waals surface area contributed by atoms with Crippen LogP contribution >= 0.6 is 27.3 Å². The number of aliphatic hydroxyl groups excluding tert-OH is 1. The molecule has 1 unspecified atom stereocenters. The van der Waals surface area contributed by atoms with Gasteiger partial charge in [-0.15, -0.1) is 11.3 Å². The van der Waals surface area contributed by atoms with Gasteiger partial charge >= 0.3 is 0 Å². The van der Waals surface area contributed by atoms with Crippen molar-refractivity contribution in [3.8, 4) is 0 Å². The van der Waals surface area contributed by atoms with Crippen LogP contribution in [0.25, 0.3) is 0 Å². The summed E-state index contributed by atoms with van der Waals surface area (Å²) >= 11 is 5.17. The number of halogens is 1. The summed E-state index contributed by atoms with van der Waals surface area (Å²) in [6, 6.07) is 4.14. The Morgan fingerprint density at radius 1 is 1.57 bits per heavy atom. The van der Waals surface area contributed by atoms with E-state index in [-0.39, 0.29) is 24.2 Å². The van der Waals surface area contributed by atoms with Crippen molar-refractivity contribution < 1.29 is 14.6 Å². The molecule has 4 nitrogen and oxygen atoms in total. The molecule has 2 rings (SSSR count). The van der Waals surface area contributed by atoms with Crippen LogP contribution in [0.3, 0.4) is 0 Å². The third-order valence-corrected chi connectivity index (χ3v) is 5.16. The van der Waals surface area contributed by atoms with Gasteiger partial charge in [0.2, 0.25) is 5.91 Å². The van der Waals surface area contributed by atoms with Crippen molar-refractivity contribution >= 4 is 33.2 Å². The van der Waals surface area contributed by atoms with Gasteiger partial charge in [0.1, 0.15) is 0 Å². The molecule has 1 fully saturated rings. The lowest BCUT2D eigenvalue weighted by atomic mass is 10.0. The topological polar surface area (TPSA) is 49.8 Å². The first kappa shape index (κ1) is 16.9. The lowest BCUT2D eigenvalue weighted by Crippen LogP contribution is -2.55. The molecule has 118 valence electrons. The first-order valence-corrected chi connectivity index (χ1v) is 8.81. The zero-order valence-corrected chi connectivity index (χ0v) is 14.9. The summed E-state index contributed by atoms with van der Waals surface area (Å²) in [6.07, 6.45) is 2.06. The van der Waals surface area contributed by atoms with Gasteiger partial charge in [0, 0.05) is 24.4 Å². The van der Waals surface area contributed by atoms with Crippen molar-refractivity contribution in [1.29, 1.82) is 0 Å². The molecule has 1 amide bonds. The van der Waals surface area contributed by atoms with Gasteiger partial charge in [-0.1, -0.05) is 0 Å². The third-order valence-electron chi connectivity index (χ3n) is 3.48. The zero-order valence-electron chi connectivity index (χ0n) is 12.5. The predicted molar refractivity (Wildman–Crippen MR) is 87.6 cm³/mol. The molecule has 1 aromatic heterocycles. The summed E-state index contributed by atoms with van der Waals surface area (Å²) < 4.78 is 6.86. The molecule has 0 aliphatic carbocycles. The van der Waals surface area contributed by atoms with Crippen LogP contribution in [-0.4, -0.2) is 47.3 Å². The number of aryl methyl sites for hydroxylation is 1. The average Bonchev–Trinajstić information content (AvgIpc) is 2.82. The summed E-state index contributed by atoms with van der Waals surface area (Å²) in [5.74, 6) is 0.153. The van der Waals surface area contributed by atoms with Crippen LogP contribution in [-0.2, 0) is 16.0 Å². The molecule has 1 aliphatic heterocycles. The summed E-state index contributed by atoms with van der Waals surface area (Å²) in [7, 11) is 0. The maximum atomic E-state index is 12.3. The van der Waals surface area contributed by atoms with Gasteiger partial charge in [-0.25, -0.2) is 0 Å².